The Morgan fingerprint density at radius 2 is 1.76 bits per heavy atom. The van der Waals surface area contributed by atoms with Gasteiger partial charge in [-0.15, -0.1) is 0 Å². The number of likely N-dealkylation sites (tertiary alicyclic amines) is 1. The molecule has 2 fully saturated rings. The molecule has 2 rings (SSSR count). The molecule has 6 heteroatoms. The van der Waals surface area contributed by atoms with Gasteiger partial charge in [0.05, 0.1) is 6.10 Å². The summed E-state index contributed by atoms with van der Waals surface area (Å²) in [5, 5.41) is 11.6. The predicted molar refractivity (Wildman–Crippen MR) is 78.2 cm³/mol. The van der Waals surface area contributed by atoms with Crippen LogP contribution in [0.1, 0.15) is 44.9 Å². The highest BCUT2D eigenvalue weighted by molar-refractivity contribution is 5.74. The monoisotopic (exact) mass is 298 g/mol. The largest absolute Gasteiger partial charge is 0.480 e. The molecule has 0 radical (unpaired) electrons. The Morgan fingerprint density at radius 3 is 2.38 bits per heavy atom. The Morgan fingerprint density at radius 1 is 1.10 bits per heavy atom. The van der Waals surface area contributed by atoms with Crippen LogP contribution < -0.4 is 5.32 Å². The maximum absolute atomic E-state index is 12.1. The third-order valence-electron chi connectivity index (χ3n) is 4.44. The fourth-order valence-electron chi connectivity index (χ4n) is 3.15. The van der Waals surface area contributed by atoms with Crippen LogP contribution in [0.5, 0.6) is 0 Å². The third-order valence-corrected chi connectivity index (χ3v) is 4.44. The second-order valence-corrected chi connectivity index (χ2v) is 6.08. The van der Waals surface area contributed by atoms with Crippen LogP contribution in [-0.4, -0.2) is 54.4 Å². The first-order chi connectivity index (χ1) is 10.1. The first-order valence-electron chi connectivity index (χ1n) is 8.01. The zero-order valence-corrected chi connectivity index (χ0v) is 12.6. The van der Waals surface area contributed by atoms with E-state index in [9.17, 15) is 9.59 Å². The van der Waals surface area contributed by atoms with Gasteiger partial charge in [0.15, 0.2) is 0 Å². The van der Waals surface area contributed by atoms with E-state index in [1.54, 1.807) is 0 Å². The number of aliphatic carboxylic acids is 1. The number of urea groups is 1. The average molecular weight is 298 g/mol. The summed E-state index contributed by atoms with van der Waals surface area (Å²) in [6.45, 7) is 1.81. The summed E-state index contributed by atoms with van der Waals surface area (Å²) >= 11 is 0. The van der Waals surface area contributed by atoms with E-state index in [2.05, 4.69) is 5.32 Å². The maximum Gasteiger partial charge on any atom is 0.329 e. The summed E-state index contributed by atoms with van der Waals surface area (Å²) in [5.41, 5.74) is 0. The molecule has 0 aromatic heterocycles. The molecule has 0 atom stereocenters. The quantitative estimate of drug-likeness (QED) is 0.812. The number of hydrogen-bond donors (Lipinski definition) is 2. The number of carbonyl (C=O) groups is 2. The maximum atomic E-state index is 12.1. The summed E-state index contributed by atoms with van der Waals surface area (Å²) in [7, 11) is 0. The van der Waals surface area contributed by atoms with E-state index in [1.165, 1.54) is 32.1 Å². The van der Waals surface area contributed by atoms with Crippen molar-refractivity contribution in [3.8, 4) is 0 Å². The van der Waals surface area contributed by atoms with E-state index in [0.29, 0.717) is 31.8 Å². The molecule has 120 valence electrons. The van der Waals surface area contributed by atoms with Crippen molar-refractivity contribution >= 4 is 12.0 Å². The first-order valence-corrected chi connectivity index (χ1v) is 8.01. The predicted octanol–water partition coefficient (Wildman–Crippen LogP) is 1.84. The number of piperidine rings is 1. The molecule has 1 aliphatic carbocycles. The highest BCUT2D eigenvalue weighted by Crippen LogP contribution is 2.23. The summed E-state index contributed by atoms with van der Waals surface area (Å²) in [6, 6.07) is 0.0114. The van der Waals surface area contributed by atoms with Gasteiger partial charge >= 0.3 is 12.0 Å². The van der Waals surface area contributed by atoms with Crippen molar-refractivity contribution in [1.82, 2.24) is 10.2 Å². The van der Waals surface area contributed by atoms with Crippen LogP contribution in [0.4, 0.5) is 4.79 Å². The van der Waals surface area contributed by atoms with Gasteiger partial charge in [-0.2, -0.15) is 0 Å². The summed E-state index contributed by atoms with van der Waals surface area (Å²) in [6.07, 6.45) is 7.74. The van der Waals surface area contributed by atoms with Gasteiger partial charge < -0.3 is 20.1 Å². The van der Waals surface area contributed by atoms with Gasteiger partial charge in [0.2, 0.25) is 0 Å². The lowest BCUT2D eigenvalue weighted by atomic mass is 9.89. The summed E-state index contributed by atoms with van der Waals surface area (Å²) in [5.74, 6) is -0.304. The lowest BCUT2D eigenvalue weighted by Crippen LogP contribution is -2.47. The van der Waals surface area contributed by atoms with Crippen LogP contribution in [0.25, 0.3) is 0 Å². The molecular weight excluding hydrogens is 272 g/mol. The minimum absolute atomic E-state index is 0.0114. The lowest BCUT2D eigenvalue weighted by Gasteiger charge is -2.32. The fraction of sp³-hybridized carbons (Fsp3) is 0.867. The molecule has 2 amide bonds. The normalized spacial score (nSPS) is 21.2. The van der Waals surface area contributed by atoms with Crippen molar-refractivity contribution in [3.63, 3.8) is 0 Å². The topological polar surface area (TPSA) is 78.9 Å². The van der Waals surface area contributed by atoms with Crippen molar-refractivity contribution in [2.45, 2.75) is 51.0 Å². The molecule has 1 aliphatic heterocycles. The van der Waals surface area contributed by atoms with Crippen LogP contribution in [0.2, 0.25) is 0 Å². The van der Waals surface area contributed by atoms with Gasteiger partial charge in [-0.1, -0.05) is 19.3 Å². The number of carboxylic acids is 1. The van der Waals surface area contributed by atoms with E-state index in [1.807, 2.05) is 4.90 Å². The van der Waals surface area contributed by atoms with Crippen LogP contribution in [0, 0.1) is 5.92 Å². The molecule has 2 N–H and O–H groups in total. The van der Waals surface area contributed by atoms with Crippen LogP contribution in [0.3, 0.4) is 0 Å². The zero-order valence-electron chi connectivity index (χ0n) is 12.6. The minimum Gasteiger partial charge on any atom is -0.480 e. The molecule has 0 aromatic carbocycles. The van der Waals surface area contributed by atoms with Crippen molar-refractivity contribution < 1.29 is 19.4 Å². The van der Waals surface area contributed by atoms with Gasteiger partial charge in [0.25, 0.3) is 0 Å². The Hall–Kier alpha value is -1.30. The molecule has 1 heterocycles. The molecule has 0 spiro atoms. The number of amides is 2. The SMILES string of the molecule is O=C(O)COC1CCN(C(=O)NCC2CCCCC2)CC1. The van der Waals surface area contributed by atoms with Gasteiger partial charge in [0.1, 0.15) is 6.61 Å². The molecule has 0 unspecified atom stereocenters. The highest BCUT2D eigenvalue weighted by atomic mass is 16.5. The average Bonchev–Trinajstić information content (AvgIpc) is 2.52. The number of rotatable bonds is 5. The number of ether oxygens (including phenoxy) is 1. The summed E-state index contributed by atoms with van der Waals surface area (Å²) < 4.78 is 5.27. The Balaban J connectivity index is 1.62. The molecule has 0 bridgehead atoms. The second kappa shape index (κ2) is 8.22. The standard InChI is InChI=1S/C15H26N2O4/c18-14(19)11-21-13-6-8-17(9-7-13)15(20)16-10-12-4-2-1-3-5-12/h12-13H,1-11H2,(H,16,20)(H,18,19). The number of hydrogen-bond acceptors (Lipinski definition) is 3. The molecule has 1 saturated heterocycles. The van der Waals surface area contributed by atoms with Gasteiger partial charge in [-0.3, -0.25) is 0 Å². The Bertz CT molecular complexity index is 348. The Kier molecular flexibility index (Phi) is 6.29. The van der Waals surface area contributed by atoms with Crippen LogP contribution >= 0.6 is 0 Å². The molecule has 6 nitrogen and oxygen atoms in total. The first kappa shape index (κ1) is 16.1. The van der Waals surface area contributed by atoms with Crippen molar-refractivity contribution in [1.29, 1.82) is 0 Å². The summed E-state index contributed by atoms with van der Waals surface area (Å²) in [4.78, 5) is 24.4. The molecule has 0 aromatic rings. The van der Waals surface area contributed by atoms with Gasteiger partial charge in [0, 0.05) is 19.6 Å². The lowest BCUT2D eigenvalue weighted by molar-refractivity contribution is -0.145. The van der Waals surface area contributed by atoms with E-state index >= 15 is 0 Å². The molecule has 2 aliphatic rings. The fourth-order valence-corrected chi connectivity index (χ4v) is 3.15. The van der Waals surface area contributed by atoms with Gasteiger partial charge in [-0.05, 0) is 31.6 Å². The van der Waals surface area contributed by atoms with Crippen LogP contribution in [-0.2, 0) is 9.53 Å². The third kappa shape index (κ3) is 5.53. The van der Waals surface area contributed by atoms with Crippen molar-refractivity contribution in [3.05, 3.63) is 0 Å². The van der Waals surface area contributed by atoms with Crippen LogP contribution in [0.15, 0.2) is 0 Å². The molecule has 1 saturated carbocycles. The van der Waals surface area contributed by atoms with E-state index < -0.39 is 5.97 Å². The van der Waals surface area contributed by atoms with E-state index in [4.69, 9.17) is 9.84 Å². The Labute approximate surface area is 125 Å². The minimum atomic E-state index is -0.942. The second-order valence-electron chi connectivity index (χ2n) is 6.08. The number of carboxylic acid groups (broad SMARTS) is 1. The molecular formula is C15H26N2O4. The number of nitrogens with zero attached hydrogens (tertiary/aromatic N) is 1. The van der Waals surface area contributed by atoms with E-state index in [0.717, 1.165) is 6.54 Å². The van der Waals surface area contributed by atoms with Crippen molar-refractivity contribution in [2.24, 2.45) is 5.92 Å². The number of nitrogens with one attached hydrogen (secondary N) is 1. The number of carbonyl (C=O) groups excluding carboxylic acids is 1. The van der Waals surface area contributed by atoms with Crippen molar-refractivity contribution in [2.75, 3.05) is 26.2 Å². The van der Waals surface area contributed by atoms with Gasteiger partial charge in [-0.25, -0.2) is 9.59 Å². The smallest absolute Gasteiger partial charge is 0.329 e. The molecule has 21 heavy (non-hydrogen) atoms. The zero-order chi connectivity index (χ0) is 15.1. The highest BCUT2D eigenvalue weighted by Gasteiger charge is 2.24. The van der Waals surface area contributed by atoms with E-state index in [-0.39, 0.29) is 18.7 Å².